The van der Waals surface area contributed by atoms with Gasteiger partial charge in [-0.2, -0.15) is 9.13 Å². The molecule has 0 spiro atoms. The first-order chi connectivity index (χ1) is 18.7. The predicted octanol–water partition coefficient (Wildman–Crippen LogP) is 5.73. The van der Waals surface area contributed by atoms with Crippen LogP contribution in [0.2, 0.25) is 0 Å². The molecule has 0 bridgehead atoms. The van der Waals surface area contributed by atoms with E-state index in [2.05, 4.69) is 142 Å². The zero-order chi connectivity index (χ0) is 25.6. The second-order valence-electron chi connectivity index (χ2n) is 10.4. The number of hydrogen-bond acceptors (Lipinski definition) is 0. The number of rotatable bonds is 4. The Bertz CT molecular complexity index is 1740. The lowest BCUT2D eigenvalue weighted by Crippen LogP contribution is -2.45. The molecule has 1 aromatic carbocycles. The van der Waals surface area contributed by atoms with Gasteiger partial charge in [0.1, 0.15) is 0 Å². The number of aryl methyl sites for hydroxylation is 5. The standard InChI is InChI=1S/C34H32N4/c1-35-18-5-7-28(35)13-10-25-23-30(15-14-29-8-6-19-36(29)2)38-22-17-27-12-11-26-16-21-37-20-4-3-9-31(37)33(26)34(27)32(38)24-25/h3-15,18-20,23-24H,16-17,21-22H2,1-2H3/q+2. The van der Waals surface area contributed by atoms with Gasteiger partial charge < -0.3 is 9.13 Å². The molecule has 38 heavy (non-hydrogen) atoms. The lowest BCUT2D eigenvalue weighted by molar-refractivity contribution is -0.690. The van der Waals surface area contributed by atoms with Crippen LogP contribution >= 0.6 is 0 Å². The van der Waals surface area contributed by atoms with E-state index < -0.39 is 0 Å². The number of nitrogens with zero attached hydrogens (tertiary/aromatic N) is 4. The van der Waals surface area contributed by atoms with Gasteiger partial charge in [-0.05, 0) is 59.2 Å². The van der Waals surface area contributed by atoms with Crippen molar-refractivity contribution >= 4 is 24.3 Å². The summed E-state index contributed by atoms with van der Waals surface area (Å²) in [5, 5.41) is 0. The lowest BCUT2D eigenvalue weighted by atomic mass is 9.84. The molecule has 0 N–H and O–H groups in total. The van der Waals surface area contributed by atoms with Gasteiger partial charge in [-0.25, -0.2) is 0 Å². The maximum atomic E-state index is 2.52. The third-order valence-electron chi connectivity index (χ3n) is 8.12. The van der Waals surface area contributed by atoms with Gasteiger partial charge in [-0.1, -0.05) is 18.2 Å². The Morgan fingerprint density at radius 3 is 2.05 bits per heavy atom. The minimum absolute atomic E-state index is 0.977. The van der Waals surface area contributed by atoms with E-state index in [9.17, 15) is 0 Å². The van der Waals surface area contributed by atoms with E-state index in [0.717, 1.165) is 25.9 Å². The Morgan fingerprint density at radius 1 is 0.658 bits per heavy atom. The summed E-state index contributed by atoms with van der Waals surface area (Å²) in [5.41, 5.74) is 13.2. The van der Waals surface area contributed by atoms with Crippen LogP contribution in [0.3, 0.4) is 0 Å². The second-order valence-corrected chi connectivity index (χ2v) is 10.4. The Kier molecular flexibility index (Phi) is 5.47. The molecule has 4 aromatic heterocycles. The highest BCUT2D eigenvalue weighted by molar-refractivity contribution is 5.85. The van der Waals surface area contributed by atoms with Crippen molar-refractivity contribution in [1.29, 1.82) is 0 Å². The molecule has 6 heterocycles. The van der Waals surface area contributed by atoms with Crippen LogP contribution in [0, 0.1) is 0 Å². The molecule has 0 saturated carbocycles. The molecular weight excluding hydrogens is 464 g/mol. The zero-order valence-electron chi connectivity index (χ0n) is 22.0. The van der Waals surface area contributed by atoms with Gasteiger partial charge in [0.2, 0.25) is 17.1 Å². The van der Waals surface area contributed by atoms with Crippen LogP contribution in [0.5, 0.6) is 0 Å². The van der Waals surface area contributed by atoms with E-state index in [1.165, 1.54) is 56.3 Å². The van der Waals surface area contributed by atoms with Crippen molar-refractivity contribution in [3.8, 4) is 22.5 Å². The molecule has 0 saturated heterocycles. The molecule has 0 atom stereocenters. The van der Waals surface area contributed by atoms with Crippen molar-refractivity contribution in [3.05, 3.63) is 119 Å². The first-order valence-electron chi connectivity index (χ1n) is 13.5. The monoisotopic (exact) mass is 496 g/mol. The Balaban J connectivity index is 1.44. The van der Waals surface area contributed by atoms with Gasteiger partial charge in [0.05, 0.1) is 11.1 Å². The number of aromatic nitrogens is 4. The number of hydrogen-bond donors (Lipinski definition) is 0. The highest BCUT2D eigenvalue weighted by Gasteiger charge is 2.34. The van der Waals surface area contributed by atoms with Crippen LogP contribution in [0.1, 0.15) is 33.8 Å². The summed E-state index contributed by atoms with van der Waals surface area (Å²) in [6.45, 7) is 2.01. The van der Waals surface area contributed by atoms with Gasteiger partial charge in [-0.15, -0.1) is 0 Å². The van der Waals surface area contributed by atoms with Gasteiger partial charge in [0, 0.05) is 81.1 Å². The molecule has 4 heteroatoms. The van der Waals surface area contributed by atoms with E-state index in [1.54, 1.807) is 0 Å². The smallest absolute Gasteiger partial charge is 0.214 e. The van der Waals surface area contributed by atoms with Crippen LogP contribution < -0.4 is 9.13 Å². The van der Waals surface area contributed by atoms with Crippen molar-refractivity contribution in [3.63, 3.8) is 0 Å². The summed E-state index contributed by atoms with van der Waals surface area (Å²) in [7, 11) is 4.19. The Morgan fingerprint density at radius 2 is 1.34 bits per heavy atom. The molecule has 0 aliphatic carbocycles. The van der Waals surface area contributed by atoms with Crippen LogP contribution in [0.4, 0.5) is 0 Å². The quantitative estimate of drug-likeness (QED) is 0.283. The van der Waals surface area contributed by atoms with Gasteiger partial charge in [0.15, 0.2) is 19.3 Å². The predicted molar refractivity (Wildman–Crippen MR) is 154 cm³/mol. The van der Waals surface area contributed by atoms with Gasteiger partial charge >= 0.3 is 0 Å². The van der Waals surface area contributed by atoms with Crippen molar-refractivity contribution in [1.82, 2.24) is 9.13 Å². The Hall–Kier alpha value is -4.44. The van der Waals surface area contributed by atoms with E-state index in [0.29, 0.717) is 0 Å². The molecule has 186 valence electrons. The minimum atomic E-state index is 0.977. The molecule has 0 radical (unpaired) electrons. The van der Waals surface area contributed by atoms with E-state index in [-0.39, 0.29) is 0 Å². The maximum Gasteiger partial charge on any atom is 0.214 e. The normalized spacial score (nSPS) is 13.9. The van der Waals surface area contributed by atoms with Crippen LogP contribution in [-0.4, -0.2) is 9.13 Å². The molecular formula is C34H32N4+2. The second kappa shape index (κ2) is 9.14. The maximum absolute atomic E-state index is 2.52. The summed E-state index contributed by atoms with van der Waals surface area (Å²) in [6.07, 6.45) is 17.5. The van der Waals surface area contributed by atoms with Crippen molar-refractivity contribution in [2.75, 3.05) is 0 Å². The van der Waals surface area contributed by atoms with E-state index in [1.807, 2.05) is 0 Å². The molecule has 0 amide bonds. The number of pyridine rings is 2. The van der Waals surface area contributed by atoms with Crippen LogP contribution in [-0.2, 0) is 40.0 Å². The SMILES string of the molecule is Cn1cccc1/C=C/c1cc(/C=C/c2cccn2C)[n+]2c(c1)-c1c(ccc3c1-c1cccc[n+]1CC3)CC2. The summed E-state index contributed by atoms with van der Waals surface area (Å²) in [5.74, 6) is 0. The van der Waals surface area contributed by atoms with Crippen molar-refractivity contribution in [2.24, 2.45) is 14.1 Å². The Labute approximate surface area is 224 Å². The molecule has 5 aromatic rings. The third-order valence-corrected chi connectivity index (χ3v) is 8.12. The summed E-state index contributed by atoms with van der Waals surface area (Å²) in [4.78, 5) is 0. The minimum Gasteiger partial charge on any atom is -0.351 e. The fourth-order valence-corrected chi connectivity index (χ4v) is 6.07. The molecule has 0 unspecified atom stereocenters. The fourth-order valence-electron chi connectivity index (χ4n) is 6.07. The topological polar surface area (TPSA) is 17.6 Å². The van der Waals surface area contributed by atoms with Crippen molar-refractivity contribution in [2.45, 2.75) is 25.9 Å². The average Bonchev–Trinajstić information content (AvgIpc) is 3.56. The average molecular weight is 497 g/mol. The summed E-state index contributed by atoms with van der Waals surface area (Å²) >= 11 is 0. The zero-order valence-corrected chi connectivity index (χ0v) is 22.0. The molecule has 4 nitrogen and oxygen atoms in total. The summed E-state index contributed by atoms with van der Waals surface area (Å²) < 4.78 is 9.24. The van der Waals surface area contributed by atoms with Gasteiger partial charge in [0.25, 0.3) is 0 Å². The number of benzene rings is 1. The highest BCUT2D eigenvalue weighted by atomic mass is 15.0. The first kappa shape index (κ1) is 22.7. The van der Waals surface area contributed by atoms with Crippen LogP contribution in [0.15, 0.2) is 85.3 Å². The van der Waals surface area contributed by atoms with Crippen LogP contribution in [0.25, 0.3) is 46.8 Å². The summed E-state index contributed by atoms with van der Waals surface area (Å²) in [6, 6.07) is 24.6. The molecule has 2 aliphatic rings. The highest BCUT2D eigenvalue weighted by Crippen LogP contribution is 2.39. The first-order valence-corrected chi connectivity index (χ1v) is 13.5. The third kappa shape index (κ3) is 3.84. The molecule has 2 aliphatic heterocycles. The lowest BCUT2D eigenvalue weighted by Gasteiger charge is -2.23. The molecule has 0 fully saturated rings. The molecule has 7 rings (SSSR count). The fraction of sp³-hybridized carbons (Fsp3) is 0.176. The number of fused-ring (bicyclic) bond motifs is 7. The van der Waals surface area contributed by atoms with E-state index in [4.69, 9.17) is 0 Å². The van der Waals surface area contributed by atoms with Crippen molar-refractivity contribution < 1.29 is 9.13 Å². The largest absolute Gasteiger partial charge is 0.351 e. The van der Waals surface area contributed by atoms with Gasteiger partial charge in [-0.3, -0.25) is 0 Å². The van der Waals surface area contributed by atoms with E-state index >= 15 is 0 Å².